The first-order valence-electron chi connectivity index (χ1n) is 3.72. The Morgan fingerprint density at radius 1 is 1.50 bits per heavy atom. The van der Waals surface area contributed by atoms with Crippen LogP contribution in [0.2, 0.25) is 0 Å². The van der Waals surface area contributed by atoms with Gasteiger partial charge in [-0.05, 0) is 19.1 Å². The summed E-state index contributed by atoms with van der Waals surface area (Å²) in [6, 6.07) is 0. The molecular formula is C6H14KO2PS2. The normalized spacial score (nSPS) is 14.9. The van der Waals surface area contributed by atoms with Crippen molar-refractivity contribution in [1.82, 2.24) is 0 Å². The molecule has 0 aromatic rings. The minimum absolute atomic E-state index is 0. The summed E-state index contributed by atoms with van der Waals surface area (Å²) in [5.41, 5.74) is -2.72. The van der Waals surface area contributed by atoms with Gasteiger partial charge in [-0.1, -0.05) is 25.2 Å². The summed E-state index contributed by atoms with van der Waals surface area (Å²) in [6.07, 6.45) is 2.16. The molecule has 1 atom stereocenters. The fraction of sp³-hybridized carbons (Fsp3) is 1.00. The first-order valence-corrected chi connectivity index (χ1v) is 7.95. The van der Waals surface area contributed by atoms with Gasteiger partial charge in [-0.3, -0.25) is 0 Å². The molecule has 0 aliphatic rings. The van der Waals surface area contributed by atoms with Gasteiger partial charge in [0.2, 0.25) is 0 Å². The third kappa shape index (κ3) is 10.6. The van der Waals surface area contributed by atoms with Crippen LogP contribution in [-0.2, 0) is 16.3 Å². The predicted molar refractivity (Wildman–Crippen MR) is 53.3 cm³/mol. The van der Waals surface area contributed by atoms with Crippen LogP contribution in [-0.4, -0.2) is 12.4 Å². The van der Waals surface area contributed by atoms with Gasteiger partial charge in [0.25, 0.3) is 0 Å². The number of hydrogen-bond donors (Lipinski definition) is 0. The Morgan fingerprint density at radius 2 is 2.08 bits per heavy atom. The van der Waals surface area contributed by atoms with Crippen molar-refractivity contribution in [3.63, 3.8) is 0 Å². The number of rotatable bonds is 6. The predicted octanol–water partition coefficient (Wildman–Crippen LogP) is -0.855. The van der Waals surface area contributed by atoms with Gasteiger partial charge >= 0.3 is 51.4 Å². The molecule has 0 N–H and O–H groups in total. The second-order valence-electron chi connectivity index (χ2n) is 2.05. The smallest absolute Gasteiger partial charge is 0.793 e. The zero-order chi connectivity index (χ0) is 8.74. The number of unbranched alkanes of at least 4 members (excludes halogenated alkanes) is 1. The molecule has 0 rings (SSSR count). The summed E-state index contributed by atoms with van der Waals surface area (Å²) in [5.74, 6) is 0.845. The Kier molecular flexibility index (Phi) is 14.3. The summed E-state index contributed by atoms with van der Waals surface area (Å²) in [6.45, 7) is 4.34. The van der Waals surface area contributed by atoms with Crippen LogP contribution in [0.3, 0.4) is 0 Å². The molecule has 0 fully saturated rings. The molecule has 0 aromatic heterocycles. The molecule has 2 nitrogen and oxygen atoms in total. The van der Waals surface area contributed by atoms with Gasteiger partial charge in [0, 0.05) is 12.3 Å². The molecule has 0 amide bonds. The SMILES string of the molecule is CCCCSP([O-])(=S)OCC.[K+]. The summed E-state index contributed by atoms with van der Waals surface area (Å²) in [7, 11) is 0. The zero-order valence-electron chi connectivity index (χ0n) is 7.91. The van der Waals surface area contributed by atoms with Crippen molar-refractivity contribution in [2.75, 3.05) is 12.4 Å². The molecular weight excluding hydrogens is 238 g/mol. The van der Waals surface area contributed by atoms with Gasteiger partial charge in [0.1, 0.15) is 0 Å². The molecule has 0 saturated heterocycles. The fourth-order valence-electron chi connectivity index (χ4n) is 0.516. The summed E-state index contributed by atoms with van der Waals surface area (Å²) in [4.78, 5) is 11.2. The van der Waals surface area contributed by atoms with E-state index < -0.39 is 5.69 Å². The van der Waals surface area contributed by atoms with Crippen molar-refractivity contribution in [3.8, 4) is 0 Å². The number of hydrogen-bond acceptors (Lipinski definition) is 4. The van der Waals surface area contributed by atoms with E-state index in [1.165, 1.54) is 11.4 Å². The van der Waals surface area contributed by atoms with E-state index in [4.69, 9.17) is 16.3 Å². The Bertz CT molecular complexity index is 146. The van der Waals surface area contributed by atoms with Crippen LogP contribution >= 0.6 is 17.1 Å². The summed E-state index contributed by atoms with van der Waals surface area (Å²) >= 11 is 6.03. The Hall–Kier alpha value is 2.56. The van der Waals surface area contributed by atoms with Gasteiger partial charge in [0.15, 0.2) is 0 Å². The van der Waals surface area contributed by atoms with Crippen LogP contribution < -0.4 is 56.3 Å². The first-order chi connectivity index (χ1) is 5.12. The average molecular weight is 252 g/mol. The molecule has 0 aliphatic heterocycles. The van der Waals surface area contributed by atoms with Gasteiger partial charge in [-0.15, -0.1) is 11.4 Å². The first kappa shape index (κ1) is 17.0. The monoisotopic (exact) mass is 252 g/mol. The maximum Gasteiger partial charge on any atom is 1.00 e. The van der Waals surface area contributed by atoms with E-state index in [0.29, 0.717) is 6.61 Å². The minimum Gasteiger partial charge on any atom is -0.793 e. The fourth-order valence-corrected chi connectivity index (χ4v) is 4.13. The van der Waals surface area contributed by atoms with Crippen molar-refractivity contribution >= 4 is 28.9 Å². The topological polar surface area (TPSA) is 32.3 Å². The van der Waals surface area contributed by atoms with Gasteiger partial charge in [-0.2, -0.15) is 0 Å². The van der Waals surface area contributed by atoms with E-state index in [-0.39, 0.29) is 51.4 Å². The third-order valence-corrected chi connectivity index (χ3v) is 5.47. The minimum atomic E-state index is -2.72. The van der Waals surface area contributed by atoms with Crippen LogP contribution in [0.15, 0.2) is 0 Å². The third-order valence-electron chi connectivity index (χ3n) is 1.03. The van der Waals surface area contributed by atoms with E-state index in [2.05, 4.69) is 6.92 Å². The molecule has 6 heteroatoms. The Labute approximate surface area is 127 Å². The van der Waals surface area contributed by atoms with E-state index in [0.717, 1.165) is 18.6 Å². The van der Waals surface area contributed by atoms with Crippen molar-refractivity contribution in [1.29, 1.82) is 0 Å². The molecule has 0 spiro atoms. The second-order valence-corrected chi connectivity index (χ2v) is 8.22. The second kappa shape index (κ2) is 10.1. The van der Waals surface area contributed by atoms with Gasteiger partial charge < -0.3 is 9.42 Å². The largest absolute Gasteiger partial charge is 1.00 e. The Morgan fingerprint density at radius 3 is 2.50 bits per heavy atom. The van der Waals surface area contributed by atoms with Crippen molar-refractivity contribution in [3.05, 3.63) is 0 Å². The maximum atomic E-state index is 11.2. The summed E-state index contributed by atoms with van der Waals surface area (Å²) < 4.78 is 4.91. The van der Waals surface area contributed by atoms with E-state index >= 15 is 0 Å². The van der Waals surface area contributed by atoms with E-state index in [1.54, 1.807) is 6.92 Å². The quantitative estimate of drug-likeness (QED) is 0.350. The Balaban J connectivity index is 0. The average Bonchev–Trinajstić information content (AvgIpc) is 1.87. The van der Waals surface area contributed by atoms with Crippen LogP contribution in [0.4, 0.5) is 0 Å². The molecule has 0 saturated carbocycles. The molecule has 0 radical (unpaired) electrons. The van der Waals surface area contributed by atoms with Crippen molar-refractivity contribution in [2.45, 2.75) is 26.7 Å². The standard InChI is InChI=1S/C6H15O2PS2.K/c1-3-5-6-11-9(7,10)8-4-2;/h3-6H2,1-2H3,(H,7,10);/q;+1/p-1. The van der Waals surface area contributed by atoms with Crippen LogP contribution in [0, 0.1) is 0 Å². The van der Waals surface area contributed by atoms with E-state index in [9.17, 15) is 4.89 Å². The summed E-state index contributed by atoms with van der Waals surface area (Å²) in [5, 5.41) is 0. The van der Waals surface area contributed by atoms with Crippen molar-refractivity contribution < 1.29 is 60.8 Å². The molecule has 0 aliphatic carbocycles. The van der Waals surface area contributed by atoms with E-state index in [1.807, 2.05) is 0 Å². The maximum absolute atomic E-state index is 11.2. The van der Waals surface area contributed by atoms with Crippen LogP contribution in [0.1, 0.15) is 26.7 Å². The molecule has 12 heavy (non-hydrogen) atoms. The molecule has 0 bridgehead atoms. The van der Waals surface area contributed by atoms with Gasteiger partial charge in [0.05, 0.1) is 0 Å². The van der Waals surface area contributed by atoms with Crippen LogP contribution in [0.5, 0.6) is 0 Å². The zero-order valence-corrected chi connectivity index (χ0v) is 13.6. The molecule has 1 unspecified atom stereocenters. The van der Waals surface area contributed by atoms with Crippen LogP contribution in [0.25, 0.3) is 0 Å². The van der Waals surface area contributed by atoms with Crippen molar-refractivity contribution in [2.24, 2.45) is 0 Å². The molecule has 68 valence electrons. The molecule has 0 aromatic carbocycles. The van der Waals surface area contributed by atoms with Gasteiger partial charge in [-0.25, -0.2) is 0 Å². The molecule has 0 heterocycles.